The Morgan fingerprint density at radius 1 is 1.43 bits per heavy atom. The molecule has 156 valence electrons. The number of ether oxygens (including phenoxy) is 2. The van der Waals surface area contributed by atoms with Gasteiger partial charge in [0.2, 0.25) is 0 Å². The van der Waals surface area contributed by atoms with Crippen LogP contribution in [0.5, 0.6) is 0 Å². The van der Waals surface area contributed by atoms with Gasteiger partial charge in [-0.3, -0.25) is 9.78 Å². The van der Waals surface area contributed by atoms with Crippen LogP contribution in [0, 0.1) is 17.1 Å². The molecule has 0 fully saturated rings. The minimum absolute atomic E-state index is 0.00422. The number of methoxy groups -OCH3 is 1. The molecule has 7 nitrogen and oxygen atoms in total. The molecule has 1 aromatic carbocycles. The maximum atomic E-state index is 14.7. The Kier molecular flexibility index (Phi) is 6.37. The Morgan fingerprint density at radius 3 is 2.87 bits per heavy atom. The summed E-state index contributed by atoms with van der Waals surface area (Å²) in [5.74, 6) is -0.978. The molecule has 2 N–H and O–H groups in total. The van der Waals surface area contributed by atoms with E-state index in [0.717, 1.165) is 0 Å². The molecule has 0 aliphatic carbocycles. The molecule has 30 heavy (non-hydrogen) atoms. The summed E-state index contributed by atoms with van der Waals surface area (Å²) in [7, 11) is 1.46. The second-order valence-electron chi connectivity index (χ2n) is 6.97. The van der Waals surface area contributed by atoms with E-state index in [1.807, 2.05) is 6.07 Å². The van der Waals surface area contributed by atoms with E-state index >= 15 is 0 Å². The van der Waals surface area contributed by atoms with E-state index in [4.69, 9.17) is 20.5 Å². The van der Waals surface area contributed by atoms with Gasteiger partial charge in [0.25, 0.3) is 6.02 Å². The van der Waals surface area contributed by atoms with Crippen LogP contribution in [0.3, 0.4) is 0 Å². The van der Waals surface area contributed by atoms with E-state index in [1.165, 1.54) is 43.6 Å². The number of halogens is 2. The molecule has 0 radical (unpaired) electrons. The summed E-state index contributed by atoms with van der Waals surface area (Å²) in [5.41, 5.74) is 5.12. The number of carbonyl (C=O) groups excluding carboxylic acids is 1. The van der Waals surface area contributed by atoms with Crippen LogP contribution in [0.1, 0.15) is 33.6 Å². The highest BCUT2D eigenvalue weighted by Gasteiger charge is 2.42. The number of benzene rings is 1. The van der Waals surface area contributed by atoms with Gasteiger partial charge in [0.05, 0.1) is 12.2 Å². The van der Waals surface area contributed by atoms with Crippen LogP contribution in [0.25, 0.3) is 0 Å². The first-order valence-electron chi connectivity index (χ1n) is 9.16. The lowest BCUT2D eigenvalue weighted by Crippen LogP contribution is -2.44. The number of aliphatic imine (C=N–C) groups is 1. The smallest absolute Gasteiger partial charge is 0.283 e. The van der Waals surface area contributed by atoms with Gasteiger partial charge in [0.1, 0.15) is 35.9 Å². The van der Waals surface area contributed by atoms with Crippen LogP contribution in [-0.2, 0) is 21.4 Å². The maximum absolute atomic E-state index is 14.7. The van der Waals surface area contributed by atoms with Crippen molar-refractivity contribution in [2.45, 2.75) is 24.5 Å². The van der Waals surface area contributed by atoms with Gasteiger partial charge in [0.15, 0.2) is 5.78 Å². The topological polar surface area (TPSA) is 111 Å². The number of amidine groups is 1. The van der Waals surface area contributed by atoms with Crippen molar-refractivity contribution in [1.29, 1.82) is 5.26 Å². The molecule has 0 saturated heterocycles. The predicted molar refractivity (Wildman–Crippen MR) is 104 cm³/mol. The summed E-state index contributed by atoms with van der Waals surface area (Å²) in [6.07, 6.45) is 0.669. The average Bonchev–Trinajstić information content (AvgIpc) is 2.74. The van der Waals surface area contributed by atoms with E-state index < -0.39 is 24.1 Å². The SMILES string of the molecule is COC[C@@H]1C[C@@](CF)(c2cc(CC(=O)c3ccc(C#N)cn3)ccc2F)N=C(N)O1. The lowest BCUT2D eigenvalue weighted by Gasteiger charge is -2.36. The van der Waals surface area contributed by atoms with Crippen molar-refractivity contribution in [2.75, 3.05) is 20.4 Å². The number of rotatable bonds is 7. The third-order valence-corrected chi connectivity index (χ3v) is 4.83. The lowest BCUT2D eigenvalue weighted by molar-refractivity contribution is 0.0307. The number of ketones is 1. The number of nitrogens with two attached hydrogens (primary N) is 1. The molecule has 0 bridgehead atoms. The molecule has 2 heterocycles. The fourth-order valence-corrected chi connectivity index (χ4v) is 3.42. The van der Waals surface area contributed by atoms with Crippen molar-refractivity contribution in [3.05, 3.63) is 64.7 Å². The van der Waals surface area contributed by atoms with Gasteiger partial charge in [-0.2, -0.15) is 5.26 Å². The highest BCUT2D eigenvalue weighted by atomic mass is 19.1. The van der Waals surface area contributed by atoms with Crippen LogP contribution < -0.4 is 5.73 Å². The quantitative estimate of drug-likeness (QED) is 0.697. The molecule has 1 aliphatic rings. The van der Waals surface area contributed by atoms with Crippen LogP contribution >= 0.6 is 0 Å². The van der Waals surface area contributed by atoms with Gasteiger partial charge in [0, 0.05) is 31.7 Å². The monoisotopic (exact) mass is 414 g/mol. The van der Waals surface area contributed by atoms with Gasteiger partial charge in [-0.1, -0.05) is 6.07 Å². The molecule has 0 unspecified atom stereocenters. The van der Waals surface area contributed by atoms with E-state index in [0.29, 0.717) is 11.1 Å². The van der Waals surface area contributed by atoms with Crippen molar-refractivity contribution >= 4 is 11.8 Å². The summed E-state index contributed by atoms with van der Waals surface area (Å²) in [4.78, 5) is 20.6. The zero-order chi connectivity index (χ0) is 21.7. The molecule has 0 saturated carbocycles. The van der Waals surface area contributed by atoms with E-state index in [-0.39, 0.29) is 42.5 Å². The minimum atomic E-state index is -1.57. The Hall–Kier alpha value is -3.38. The summed E-state index contributed by atoms with van der Waals surface area (Å²) >= 11 is 0. The number of carbonyl (C=O) groups is 1. The number of hydrogen-bond acceptors (Lipinski definition) is 7. The van der Waals surface area contributed by atoms with E-state index in [2.05, 4.69) is 9.98 Å². The first-order chi connectivity index (χ1) is 14.4. The molecular weight excluding hydrogens is 394 g/mol. The number of hydrogen-bond donors (Lipinski definition) is 1. The van der Waals surface area contributed by atoms with Crippen molar-refractivity contribution < 1.29 is 23.0 Å². The zero-order valence-corrected chi connectivity index (χ0v) is 16.3. The number of Topliss-reactive ketones (excluding diaryl/α,β-unsaturated/α-hetero) is 1. The summed E-state index contributed by atoms with van der Waals surface area (Å²) < 4.78 is 39.3. The van der Waals surface area contributed by atoms with Gasteiger partial charge in [-0.15, -0.1) is 0 Å². The largest absolute Gasteiger partial charge is 0.460 e. The van der Waals surface area contributed by atoms with Crippen molar-refractivity contribution in [1.82, 2.24) is 4.98 Å². The second kappa shape index (κ2) is 8.97. The number of pyridine rings is 1. The van der Waals surface area contributed by atoms with Crippen LogP contribution in [0.2, 0.25) is 0 Å². The van der Waals surface area contributed by atoms with Crippen LogP contribution in [0.15, 0.2) is 41.5 Å². The Bertz CT molecular complexity index is 1000. The fourth-order valence-electron chi connectivity index (χ4n) is 3.42. The van der Waals surface area contributed by atoms with Gasteiger partial charge >= 0.3 is 0 Å². The molecular formula is C21H20F2N4O3. The number of nitrogens with zero attached hydrogens (tertiary/aromatic N) is 3. The molecule has 1 aromatic heterocycles. The molecule has 3 rings (SSSR count). The third-order valence-electron chi connectivity index (χ3n) is 4.83. The third kappa shape index (κ3) is 4.44. The Labute approximate surface area is 172 Å². The van der Waals surface area contributed by atoms with Crippen molar-refractivity contribution in [3.8, 4) is 6.07 Å². The molecule has 9 heteroatoms. The predicted octanol–water partition coefficient (Wildman–Crippen LogP) is 2.43. The molecule has 0 amide bonds. The van der Waals surface area contributed by atoms with E-state index in [1.54, 1.807) is 0 Å². The first-order valence-corrected chi connectivity index (χ1v) is 9.16. The van der Waals surface area contributed by atoms with E-state index in [9.17, 15) is 13.6 Å². The Morgan fingerprint density at radius 2 is 2.23 bits per heavy atom. The first kappa shape index (κ1) is 21.3. The molecule has 0 spiro atoms. The van der Waals surface area contributed by atoms with Crippen molar-refractivity contribution in [2.24, 2.45) is 10.7 Å². The fraction of sp³-hybridized carbons (Fsp3) is 0.333. The molecule has 1 aliphatic heterocycles. The van der Waals surface area contributed by atoms with Crippen LogP contribution in [0.4, 0.5) is 8.78 Å². The van der Waals surface area contributed by atoms with Gasteiger partial charge < -0.3 is 15.2 Å². The minimum Gasteiger partial charge on any atom is -0.460 e. The average molecular weight is 414 g/mol. The molecule has 2 aromatic rings. The molecule has 2 atom stereocenters. The van der Waals surface area contributed by atoms with Gasteiger partial charge in [-0.05, 0) is 29.8 Å². The lowest BCUT2D eigenvalue weighted by atomic mass is 9.84. The number of nitriles is 1. The zero-order valence-electron chi connectivity index (χ0n) is 16.3. The summed E-state index contributed by atoms with van der Waals surface area (Å²) in [6, 6.07) is 8.67. The normalized spacial score (nSPS) is 20.7. The summed E-state index contributed by atoms with van der Waals surface area (Å²) in [5, 5.41) is 8.82. The van der Waals surface area contributed by atoms with Crippen molar-refractivity contribution in [3.63, 3.8) is 0 Å². The Balaban J connectivity index is 1.91. The number of aromatic nitrogens is 1. The van der Waals surface area contributed by atoms with Gasteiger partial charge in [-0.25, -0.2) is 13.8 Å². The summed E-state index contributed by atoms with van der Waals surface area (Å²) in [6.45, 7) is -0.856. The van der Waals surface area contributed by atoms with Crippen LogP contribution in [-0.4, -0.2) is 43.3 Å². The number of alkyl halides is 1. The maximum Gasteiger partial charge on any atom is 0.283 e. The highest BCUT2D eigenvalue weighted by molar-refractivity contribution is 5.95. The highest BCUT2D eigenvalue weighted by Crippen LogP contribution is 2.37. The standard InChI is InChI=1S/C21H20F2N4O3/c1-29-11-15-8-21(12-22,27-20(25)30-15)16-6-13(2-4-17(16)23)7-19(28)18-5-3-14(9-24)10-26-18/h2-6,10,15H,7-8,11-12H2,1H3,(H2,25,27)/t15-,21+/m0/s1. The second-order valence-corrected chi connectivity index (χ2v) is 6.97.